The number of ether oxygens (including phenoxy) is 1. The molecule has 3 rings (SSSR count). The molecule has 1 nitrogen and oxygen atoms in total. The van der Waals surface area contributed by atoms with Crippen molar-refractivity contribution in [2.75, 3.05) is 12.4 Å². The van der Waals surface area contributed by atoms with E-state index in [-0.39, 0.29) is 0 Å². The van der Waals surface area contributed by atoms with Crippen LogP contribution in [0.3, 0.4) is 0 Å². The Hall–Kier alpha value is 0.310. The van der Waals surface area contributed by atoms with Gasteiger partial charge in [-0.25, -0.2) is 0 Å². The van der Waals surface area contributed by atoms with Crippen LogP contribution in [0.2, 0.25) is 0 Å². The molecule has 0 aromatic heterocycles. The molecule has 3 aliphatic rings. The van der Waals surface area contributed by atoms with E-state index in [1.165, 1.54) is 115 Å². The third kappa shape index (κ3) is 11.5. The summed E-state index contributed by atoms with van der Waals surface area (Å²) in [5, 5.41) is 1.13. The number of rotatable bonds is 19. The highest BCUT2D eigenvalue weighted by molar-refractivity contribution is 7.79. The molecule has 0 bridgehead atoms. The van der Waals surface area contributed by atoms with Crippen molar-refractivity contribution >= 4 is 11.8 Å². The van der Waals surface area contributed by atoms with Crippen molar-refractivity contribution in [3.63, 3.8) is 0 Å². The Balaban J connectivity index is 0.977. The average Bonchev–Trinajstić information content (AvgIpc) is 3.65. The fourth-order valence-electron chi connectivity index (χ4n) is 5.26. The van der Waals surface area contributed by atoms with Crippen LogP contribution in [-0.2, 0) is 16.5 Å². The maximum atomic E-state index is 5.83. The van der Waals surface area contributed by atoms with E-state index in [2.05, 4.69) is 0 Å². The summed E-state index contributed by atoms with van der Waals surface area (Å²) in [6.45, 7) is 1.02. The average molecular weight is 424 g/mol. The van der Waals surface area contributed by atoms with Crippen LogP contribution in [0.4, 0.5) is 0 Å². The molecule has 0 aromatic carbocycles. The van der Waals surface area contributed by atoms with Crippen LogP contribution in [0.15, 0.2) is 0 Å². The predicted molar refractivity (Wildman–Crippen MR) is 131 cm³/mol. The van der Waals surface area contributed by atoms with E-state index >= 15 is 0 Å². The first kappa shape index (κ1) is 24.0. The molecule has 1 saturated heterocycles. The Morgan fingerprint density at radius 2 is 1.10 bits per heavy atom. The van der Waals surface area contributed by atoms with E-state index in [0.29, 0.717) is 6.10 Å². The summed E-state index contributed by atoms with van der Waals surface area (Å²) in [6, 6.07) is 0. The van der Waals surface area contributed by atoms with Crippen molar-refractivity contribution in [3.05, 3.63) is 0 Å². The van der Waals surface area contributed by atoms with Crippen molar-refractivity contribution in [2.24, 2.45) is 11.8 Å². The zero-order valence-electron chi connectivity index (χ0n) is 19.4. The van der Waals surface area contributed by atoms with Gasteiger partial charge in [0.2, 0.25) is 0 Å². The summed E-state index contributed by atoms with van der Waals surface area (Å²) < 4.78 is 5.83. The molecule has 3 fully saturated rings. The Morgan fingerprint density at radius 3 is 1.59 bits per heavy atom. The van der Waals surface area contributed by atoms with Gasteiger partial charge in [-0.3, -0.25) is 0 Å². The van der Waals surface area contributed by atoms with Crippen LogP contribution < -0.4 is 0 Å². The molecule has 2 saturated carbocycles. The van der Waals surface area contributed by atoms with Gasteiger partial charge in [-0.15, -0.1) is 0 Å². The highest BCUT2D eigenvalue weighted by atomic mass is 32.2. The lowest BCUT2D eigenvalue weighted by atomic mass is 10.0. The van der Waals surface area contributed by atoms with Crippen LogP contribution in [-0.4, -0.2) is 23.7 Å². The standard InChI is InChI=1S/C27H50OS/c1(2-4-6-8-10-12-16-26-17-13-14-22-28-26)3-5-7-9-11-15-23-29-27(24-18-19-24)25-20-21-25/h24-27H,1-23H2/p+1. The first-order valence-electron chi connectivity index (χ1n) is 13.7. The summed E-state index contributed by atoms with van der Waals surface area (Å²) in [5.41, 5.74) is 0. The van der Waals surface area contributed by atoms with Gasteiger partial charge >= 0.3 is 0 Å². The maximum Gasteiger partial charge on any atom is 0.121 e. The second-order valence-electron chi connectivity index (χ2n) is 10.4. The third-order valence-electron chi connectivity index (χ3n) is 7.51. The van der Waals surface area contributed by atoms with Crippen molar-refractivity contribution in [2.45, 2.75) is 146 Å². The lowest BCUT2D eigenvalue weighted by Crippen LogP contribution is -2.18. The summed E-state index contributed by atoms with van der Waals surface area (Å²) in [6.07, 6.45) is 31.3. The van der Waals surface area contributed by atoms with Crippen LogP contribution in [0.25, 0.3) is 0 Å². The Bertz CT molecular complexity index is 372. The number of hydrogen-bond donors (Lipinski definition) is 0. The lowest BCUT2D eigenvalue weighted by Gasteiger charge is -2.22. The minimum absolute atomic E-state index is 0.603. The van der Waals surface area contributed by atoms with Crippen molar-refractivity contribution in [3.8, 4) is 0 Å². The lowest BCUT2D eigenvalue weighted by molar-refractivity contribution is 0.00977. The molecule has 2 heteroatoms. The van der Waals surface area contributed by atoms with Crippen molar-refractivity contribution < 1.29 is 4.74 Å². The van der Waals surface area contributed by atoms with Gasteiger partial charge in [0.25, 0.3) is 0 Å². The topological polar surface area (TPSA) is 9.23 Å². The molecule has 1 unspecified atom stereocenters. The molecule has 1 heterocycles. The smallest absolute Gasteiger partial charge is 0.121 e. The molecule has 0 aromatic rings. The molecular formula is C27H51OS+. The monoisotopic (exact) mass is 423 g/mol. The molecule has 0 radical (unpaired) electrons. The summed E-state index contributed by atoms with van der Waals surface area (Å²) in [4.78, 5) is 0. The second-order valence-corrected chi connectivity index (χ2v) is 11.9. The normalized spacial score (nSPS) is 22.4. The molecule has 29 heavy (non-hydrogen) atoms. The predicted octanol–water partition coefficient (Wildman–Crippen LogP) is 8.02. The van der Waals surface area contributed by atoms with E-state index in [4.69, 9.17) is 4.74 Å². The zero-order chi connectivity index (χ0) is 20.0. The maximum absolute atomic E-state index is 5.83. The van der Waals surface area contributed by atoms with Gasteiger partial charge in [0, 0.05) is 18.4 Å². The van der Waals surface area contributed by atoms with Gasteiger partial charge in [-0.1, -0.05) is 70.6 Å². The molecule has 0 N–H and O–H groups in total. The first-order chi connectivity index (χ1) is 14.4. The van der Waals surface area contributed by atoms with Gasteiger partial charge in [0.1, 0.15) is 11.0 Å². The third-order valence-corrected chi connectivity index (χ3v) is 9.35. The summed E-state index contributed by atoms with van der Waals surface area (Å²) in [5.74, 6) is 3.81. The molecule has 1 aliphatic heterocycles. The molecule has 1 atom stereocenters. The SMILES string of the molecule is C(CCCCCCC[SH+]C(C1CC1)C1CC1)CCCCCCCC1CCCCO1. The Kier molecular flexibility index (Phi) is 12.5. The van der Waals surface area contributed by atoms with Crippen LogP contribution >= 0.6 is 0 Å². The summed E-state index contributed by atoms with van der Waals surface area (Å²) in [7, 11) is 0. The molecule has 0 spiro atoms. The highest BCUT2D eigenvalue weighted by Gasteiger charge is 2.46. The minimum atomic E-state index is 0.603. The van der Waals surface area contributed by atoms with E-state index in [0.717, 1.165) is 23.7 Å². The van der Waals surface area contributed by atoms with E-state index in [9.17, 15) is 0 Å². The van der Waals surface area contributed by atoms with Crippen LogP contribution in [0.1, 0.15) is 135 Å². The van der Waals surface area contributed by atoms with Gasteiger partial charge in [0.15, 0.2) is 0 Å². The van der Waals surface area contributed by atoms with Gasteiger partial charge < -0.3 is 4.74 Å². The second kappa shape index (κ2) is 15.2. The first-order valence-corrected chi connectivity index (χ1v) is 14.9. The van der Waals surface area contributed by atoms with Gasteiger partial charge in [0.05, 0.1) is 6.10 Å². The fourth-order valence-corrected chi connectivity index (χ4v) is 7.16. The highest BCUT2D eigenvalue weighted by Crippen LogP contribution is 2.46. The van der Waals surface area contributed by atoms with Crippen LogP contribution in [0, 0.1) is 11.8 Å². The zero-order valence-corrected chi connectivity index (χ0v) is 20.3. The van der Waals surface area contributed by atoms with E-state index < -0.39 is 0 Å². The van der Waals surface area contributed by atoms with Gasteiger partial charge in [-0.05, 0) is 76.0 Å². The Labute approximate surface area is 186 Å². The van der Waals surface area contributed by atoms with Crippen molar-refractivity contribution in [1.29, 1.82) is 0 Å². The van der Waals surface area contributed by atoms with E-state index in [1.807, 2.05) is 11.8 Å². The molecule has 2 aliphatic carbocycles. The number of thiol groups is 1. The van der Waals surface area contributed by atoms with E-state index in [1.54, 1.807) is 25.7 Å². The fraction of sp³-hybridized carbons (Fsp3) is 1.00. The molecular weight excluding hydrogens is 372 g/mol. The van der Waals surface area contributed by atoms with Gasteiger partial charge in [-0.2, -0.15) is 0 Å². The molecule has 170 valence electrons. The molecule has 0 amide bonds. The minimum Gasteiger partial charge on any atom is -0.378 e. The van der Waals surface area contributed by atoms with Crippen LogP contribution in [0.5, 0.6) is 0 Å². The summed E-state index contributed by atoms with van der Waals surface area (Å²) >= 11 is 1.83. The quantitative estimate of drug-likeness (QED) is 0.116. The largest absolute Gasteiger partial charge is 0.378 e. The number of unbranched alkanes of at least 4 members (excludes halogenated alkanes) is 12. The van der Waals surface area contributed by atoms with Crippen molar-refractivity contribution in [1.82, 2.24) is 0 Å². The Morgan fingerprint density at radius 1 is 0.586 bits per heavy atom. The number of hydrogen-bond acceptors (Lipinski definition) is 1.